The van der Waals surface area contributed by atoms with E-state index in [1.54, 1.807) is 0 Å². The van der Waals surface area contributed by atoms with Crippen molar-refractivity contribution in [1.82, 2.24) is 15.1 Å². The zero-order chi connectivity index (χ0) is 21.8. The van der Waals surface area contributed by atoms with Crippen LogP contribution in [-0.4, -0.2) is 55.4 Å². The third-order valence-corrected chi connectivity index (χ3v) is 5.73. The van der Waals surface area contributed by atoms with Gasteiger partial charge in [0.25, 0.3) is 0 Å². The maximum absolute atomic E-state index is 11.5. The van der Waals surface area contributed by atoms with Gasteiger partial charge in [0.15, 0.2) is 5.96 Å². The topological polar surface area (TPSA) is 74.0 Å². The largest absolute Gasteiger partial charge is 0.369 e. The molecule has 7 heteroatoms. The molecule has 0 aromatic heterocycles. The normalized spacial score (nSPS) is 17.0. The van der Waals surface area contributed by atoms with Crippen LogP contribution in [0.5, 0.6) is 0 Å². The van der Waals surface area contributed by atoms with Crippen molar-refractivity contribution in [2.24, 2.45) is 16.6 Å². The molecule has 0 saturated carbocycles. The summed E-state index contributed by atoms with van der Waals surface area (Å²) in [6.45, 7) is 8.16. The van der Waals surface area contributed by atoms with Gasteiger partial charge in [-0.25, -0.2) is 0 Å². The Bertz CT molecular complexity index is 709. The number of halogens is 1. The fourth-order valence-electron chi connectivity index (χ4n) is 4.01. The van der Waals surface area contributed by atoms with Crippen molar-refractivity contribution < 1.29 is 4.79 Å². The number of benzene rings is 1. The number of piperidine rings is 1. The minimum atomic E-state index is -0.172. The number of primary amides is 1. The van der Waals surface area contributed by atoms with Crippen molar-refractivity contribution in [3.63, 3.8) is 0 Å². The first-order chi connectivity index (χ1) is 14.5. The molecule has 1 aromatic carbocycles. The maximum Gasteiger partial charge on any atom is 0.221 e. The van der Waals surface area contributed by atoms with Gasteiger partial charge in [-0.3, -0.25) is 14.7 Å². The monoisotopic (exact) mass is 541 g/mol. The molecule has 3 N–H and O–H groups in total. The van der Waals surface area contributed by atoms with Crippen molar-refractivity contribution in [3.05, 3.63) is 48.0 Å². The highest BCUT2D eigenvalue weighted by Gasteiger charge is 2.23. The fourth-order valence-corrected chi connectivity index (χ4v) is 4.01. The Hall–Kier alpha value is -1.61. The molecule has 1 aromatic rings. The van der Waals surface area contributed by atoms with Crippen LogP contribution in [0.4, 0.5) is 0 Å². The highest BCUT2D eigenvalue weighted by atomic mass is 127. The average molecular weight is 542 g/mol. The van der Waals surface area contributed by atoms with Gasteiger partial charge in [-0.2, -0.15) is 0 Å². The van der Waals surface area contributed by atoms with E-state index < -0.39 is 0 Å². The standard InChI is InChI=1S/C24H39N5O.HI/c1-4-5-6-7-8-14-28(3)24(26-2)27-17-20-11-9-12-21(16-20)18-29-15-10-13-22(19-29)23(25)30;/h4,9,11-12,16,22H,1,5-8,10,13-15,17-19H2,2-3H3,(H2,25,30)(H,26,27);1H. The number of aliphatic imine (C=N–C) groups is 1. The van der Waals surface area contributed by atoms with E-state index in [1.807, 2.05) is 13.1 Å². The second kappa shape index (κ2) is 15.2. The van der Waals surface area contributed by atoms with Gasteiger partial charge in [0, 0.05) is 40.3 Å². The summed E-state index contributed by atoms with van der Waals surface area (Å²) in [4.78, 5) is 20.5. The van der Waals surface area contributed by atoms with Crippen LogP contribution in [0.2, 0.25) is 0 Å². The van der Waals surface area contributed by atoms with E-state index in [2.05, 4.69) is 58.0 Å². The van der Waals surface area contributed by atoms with E-state index in [-0.39, 0.29) is 35.8 Å². The van der Waals surface area contributed by atoms with E-state index in [0.29, 0.717) is 0 Å². The molecule has 1 heterocycles. The number of likely N-dealkylation sites (tertiary alicyclic amines) is 1. The summed E-state index contributed by atoms with van der Waals surface area (Å²) < 4.78 is 0. The van der Waals surface area contributed by atoms with Gasteiger partial charge in [-0.1, -0.05) is 36.8 Å². The van der Waals surface area contributed by atoms with Gasteiger partial charge in [-0.05, 0) is 49.8 Å². The lowest BCUT2D eigenvalue weighted by atomic mass is 9.97. The summed E-state index contributed by atoms with van der Waals surface area (Å²) >= 11 is 0. The number of rotatable bonds is 11. The first-order valence-electron chi connectivity index (χ1n) is 11.2. The second-order valence-electron chi connectivity index (χ2n) is 8.26. The van der Waals surface area contributed by atoms with Gasteiger partial charge >= 0.3 is 0 Å². The van der Waals surface area contributed by atoms with E-state index in [1.165, 1.54) is 24.0 Å². The van der Waals surface area contributed by atoms with Crippen LogP contribution in [0.25, 0.3) is 0 Å². The molecule has 0 bridgehead atoms. The zero-order valence-corrected chi connectivity index (χ0v) is 21.5. The van der Waals surface area contributed by atoms with Crippen LogP contribution in [0.3, 0.4) is 0 Å². The lowest BCUT2D eigenvalue weighted by molar-refractivity contribution is -0.123. The summed E-state index contributed by atoms with van der Waals surface area (Å²) in [5.74, 6) is 0.734. The Morgan fingerprint density at radius 3 is 2.84 bits per heavy atom. The Morgan fingerprint density at radius 1 is 1.35 bits per heavy atom. The van der Waals surface area contributed by atoms with Crippen LogP contribution in [-0.2, 0) is 17.9 Å². The predicted molar refractivity (Wildman–Crippen MR) is 141 cm³/mol. The van der Waals surface area contributed by atoms with Gasteiger partial charge < -0.3 is 16.0 Å². The molecule has 0 spiro atoms. The Kier molecular flexibility index (Phi) is 13.5. The quantitative estimate of drug-likeness (QED) is 0.147. The smallest absolute Gasteiger partial charge is 0.221 e. The number of unbranched alkanes of at least 4 members (excludes halogenated alkanes) is 3. The van der Waals surface area contributed by atoms with Crippen LogP contribution in [0.1, 0.15) is 49.7 Å². The van der Waals surface area contributed by atoms with Crippen molar-refractivity contribution in [3.8, 4) is 0 Å². The first kappa shape index (κ1) is 27.4. The highest BCUT2D eigenvalue weighted by Crippen LogP contribution is 2.18. The van der Waals surface area contributed by atoms with Crippen molar-refractivity contribution in [1.29, 1.82) is 0 Å². The molecule has 0 aliphatic carbocycles. The van der Waals surface area contributed by atoms with Crippen molar-refractivity contribution in [2.75, 3.05) is 33.7 Å². The molecule has 174 valence electrons. The number of hydrogen-bond donors (Lipinski definition) is 2. The molecule has 0 radical (unpaired) electrons. The highest BCUT2D eigenvalue weighted by molar-refractivity contribution is 14.0. The van der Waals surface area contributed by atoms with Crippen LogP contribution < -0.4 is 11.1 Å². The minimum Gasteiger partial charge on any atom is -0.369 e. The van der Waals surface area contributed by atoms with Gasteiger partial charge in [0.1, 0.15) is 0 Å². The van der Waals surface area contributed by atoms with Crippen molar-refractivity contribution >= 4 is 35.8 Å². The Labute approximate surface area is 205 Å². The molecular formula is C24H40IN5O. The number of nitrogens with one attached hydrogen (secondary N) is 1. The fraction of sp³-hybridized carbons (Fsp3) is 0.583. The molecule has 2 rings (SSSR count). The number of hydrogen-bond acceptors (Lipinski definition) is 3. The van der Waals surface area contributed by atoms with E-state index in [0.717, 1.165) is 64.4 Å². The molecule has 1 aliphatic rings. The minimum absolute atomic E-state index is 0. The molecule has 1 saturated heterocycles. The van der Waals surface area contributed by atoms with Gasteiger partial charge in [0.05, 0.1) is 5.92 Å². The lowest BCUT2D eigenvalue weighted by Crippen LogP contribution is -2.40. The number of allylic oxidation sites excluding steroid dienone is 1. The molecular weight excluding hydrogens is 501 g/mol. The number of amides is 1. The second-order valence-corrected chi connectivity index (χ2v) is 8.26. The van der Waals surface area contributed by atoms with Crippen LogP contribution in [0.15, 0.2) is 41.9 Å². The van der Waals surface area contributed by atoms with Crippen LogP contribution >= 0.6 is 24.0 Å². The summed E-state index contributed by atoms with van der Waals surface area (Å²) in [6, 6.07) is 8.64. The number of nitrogens with two attached hydrogens (primary N) is 1. The van der Waals surface area contributed by atoms with E-state index in [4.69, 9.17) is 5.73 Å². The number of carbonyl (C=O) groups is 1. The molecule has 1 fully saturated rings. The molecule has 1 atom stereocenters. The van der Waals surface area contributed by atoms with E-state index >= 15 is 0 Å². The Morgan fingerprint density at radius 2 is 2.13 bits per heavy atom. The maximum atomic E-state index is 11.5. The molecule has 1 unspecified atom stereocenters. The van der Waals surface area contributed by atoms with Gasteiger partial charge in [0.2, 0.25) is 5.91 Å². The molecule has 1 aliphatic heterocycles. The molecule has 31 heavy (non-hydrogen) atoms. The number of carbonyl (C=O) groups excluding carboxylic acids is 1. The third kappa shape index (κ3) is 10.0. The molecule has 6 nitrogen and oxygen atoms in total. The first-order valence-corrected chi connectivity index (χ1v) is 11.2. The Balaban J connectivity index is 0.00000480. The summed E-state index contributed by atoms with van der Waals surface area (Å²) in [7, 11) is 3.92. The lowest BCUT2D eigenvalue weighted by Gasteiger charge is -2.31. The summed E-state index contributed by atoms with van der Waals surface area (Å²) in [5.41, 5.74) is 8.01. The predicted octanol–water partition coefficient (Wildman–Crippen LogP) is 3.76. The van der Waals surface area contributed by atoms with E-state index in [9.17, 15) is 4.79 Å². The van der Waals surface area contributed by atoms with Crippen LogP contribution in [0, 0.1) is 5.92 Å². The SMILES string of the molecule is C=CCCCCCN(C)C(=NC)NCc1cccc(CN2CCCC(C(N)=O)C2)c1.I. The van der Waals surface area contributed by atoms with Crippen molar-refractivity contribution in [2.45, 2.75) is 51.6 Å². The molecule has 1 amide bonds. The summed E-state index contributed by atoms with van der Waals surface area (Å²) in [5, 5.41) is 3.48. The average Bonchev–Trinajstić information content (AvgIpc) is 2.74. The summed E-state index contributed by atoms with van der Waals surface area (Å²) in [6.07, 6.45) is 8.59. The number of guanidine groups is 1. The van der Waals surface area contributed by atoms with Gasteiger partial charge in [-0.15, -0.1) is 30.6 Å². The zero-order valence-electron chi connectivity index (χ0n) is 19.2. The number of nitrogens with zero attached hydrogens (tertiary/aromatic N) is 3. The third-order valence-electron chi connectivity index (χ3n) is 5.73.